The fourth-order valence-electron chi connectivity index (χ4n) is 3.61. The van der Waals surface area contributed by atoms with E-state index in [1.54, 1.807) is 11.8 Å². The highest BCUT2D eigenvalue weighted by molar-refractivity contribution is 7.98. The monoisotopic (exact) mass is 446 g/mol. The predicted octanol–water partition coefficient (Wildman–Crippen LogP) is 6.56. The molecular formula is C26H26N2O3S. The van der Waals surface area contributed by atoms with Crippen LogP contribution in [0.2, 0.25) is 0 Å². The van der Waals surface area contributed by atoms with E-state index in [-0.39, 0.29) is 5.88 Å². The van der Waals surface area contributed by atoms with Crippen LogP contribution in [-0.2, 0) is 0 Å². The molecule has 2 N–H and O–H groups in total. The van der Waals surface area contributed by atoms with Crippen molar-refractivity contribution < 1.29 is 14.6 Å². The van der Waals surface area contributed by atoms with E-state index in [0.717, 1.165) is 22.2 Å². The summed E-state index contributed by atoms with van der Waals surface area (Å²) in [6.07, 6.45) is 2.05. The summed E-state index contributed by atoms with van der Waals surface area (Å²) in [6, 6.07) is 21.7. The first-order valence-corrected chi connectivity index (χ1v) is 11.8. The van der Waals surface area contributed by atoms with Crippen LogP contribution < -0.4 is 9.47 Å². The van der Waals surface area contributed by atoms with Gasteiger partial charge in [-0.1, -0.05) is 30.3 Å². The van der Waals surface area contributed by atoms with Gasteiger partial charge < -0.3 is 19.6 Å². The molecule has 5 nitrogen and oxygen atoms in total. The first kappa shape index (κ1) is 21.8. The summed E-state index contributed by atoms with van der Waals surface area (Å²) >= 11 is 1.69. The summed E-state index contributed by atoms with van der Waals surface area (Å²) in [4.78, 5) is 9.20. The molecule has 4 rings (SSSR count). The van der Waals surface area contributed by atoms with E-state index in [4.69, 9.17) is 14.5 Å². The molecule has 32 heavy (non-hydrogen) atoms. The number of thioether (sulfide) groups is 1. The fraction of sp³-hybridized carbons (Fsp3) is 0.192. The summed E-state index contributed by atoms with van der Waals surface area (Å²) in [7, 11) is 0. The van der Waals surface area contributed by atoms with Gasteiger partial charge in [0.2, 0.25) is 0 Å². The Balaban J connectivity index is 1.94. The fourth-order valence-corrected chi connectivity index (χ4v) is 4.02. The number of aromatic hydroxyl groups is 1. The predicted molar refractivity (Wildman–Crippen MR) is 132 cm³/mol. The third-order valence-electron chi connectivity index (χ3n) is 5.04. The van der Waals surface area contributed by atoms with Crippen molar-refractivity contribution in [1.29, 1.82) is 0 Å². The molecule has 0 fully saturated rings. The molecular weight excluding hydrogens is 420 g/mol. The van der Waals surface area contributed by atoms with Crippen LogP contribution in [0.4, 0.5) is 5.69 Å². The normalized spacial score (nSPS) is 11.7. The number of nitrogens with one attached hydrogen (secondary N) is 1. The van der Waals surface area contributed by atoms with Gasteiger partial charge in [-0.2, -0.15) is 0 Å². The molecule has 164 valence electrons. The highest BCUT2D eigenvalue weighted by Crippen LogP contribution is 2.38. The first-order valence-electron chi connectivity index (χ1n) is 10.6. The van der Waals surface area contributed by atoms with Crippen molar-refractivity contribution in [3.8, 4) is 17.4 Å². The Morgan fingerprint density at radius 2 is 1.59 bits per heavy atom. The van der Waals surface area contributed by atoms with Gasteiger partial charge in [0.25, 0.3) is 0 Å². The molecule has 1 heterocycles. The Morgan fingerprint density at radius 3 is 2.22 bits per heavy atom. The molecule has 0 aliphatic rings. The quantitative estimate of drug-likeness (QED) is 0.237. The second-order valence-corrected chi connectivity index (χ2v) is 7.96. The summed E-state index contributed by atoms with van der Waals surface area (Å²) in [5.74, 6) is 1.33. The average molecular weight is 447 g/mol. The van der Waals surface area contributed by atoms with Crippen LogP contribution in [-0.4, -0.2) is 35.3 Å². The molecule has 3 aromatic carbocycles. The minimum atomic E-state index is 0.0550. The summed E-state index contributed by atoms with van der Waals surface area (Å²) in [6.45, 7) is 4.90. The van der Waals surface area contributed by atoms with E-state index in [1.165, 1.54) is 4.90 Å². The summed E-state index contributed by atoms with van der Waals surface area (Å²) in [5.41, 5.74) is 3.78. The van der Waals surface area contributed by atoms with Crippen molar-refractivity contribution in [2.24, 2.45) is 4.99 Å². The number of aromatic amines is 1. The first-order chi connectivity index (χ1) is 15.6. The number of H-pyrrole nitrogens is 1. The van der Waals surface area contributed by atoms with Crippen LogP contribution in [0.15, 0.2) is 76.6 Å². The van der Waals surface area contributed by atoms with E-state index in [0.29, 0.717) is 36.0 Å². The molecule has 0 aliphatic carbocycles. The second kappa shape index (κ2) is 9.83. The summed E-state index contributed by atoms with van der Waals surface area (Å²) in [5, 5.41) is 11.8. The smallest absolute Gasteiger partial charge is 0.199 e. The number of nitrogens with zero attached hydrogens (tertiary/aromatic N) is 1. The largest absolute Gasteiger partial charge is 0.494 e. The molecule has 0 amide bonds. The van der Waals surface area contributed by atoms with Crippen LogP contribution in [0.25, 0.3) is 10.9 Å². The zero-order chi connectivity index (χ0) is 22.5. The van der Waals surface area contributed by atoms with E-state index in [2.05, 4.69) is 4.98 Å². The lowest BCUT2D eigenvalue weighted by molar-refractivity contribution is 0.288. The van der Waals surface area contributed by atoms with Crippen LogP contribution in [0.3, 0.4) is 0 Å². The Kier molecular flexibility index (Phi) is 6.71. The lowest BCUT2D eigenvalue weighted by Crippen LogP contribution is -2.03. The lowest BCUT2D eigenvalue weighted by Gasteiger charge is -2.12. The number of aliphatic imine (C=N–C) groups is 1. The van der Waals surface area contributed by atoms with Gasteiger partial charge in [-0.3, -0.25) is 0 Å². The van der Waals surface area contributed by atoms with Gasteiger partial charge in [-0.15, -0.1) is 11.8 Å². The highest BCUT2D eigenvalue weighted by Gasteiger charge is 2.21. The van der Waals surface area contributed by atoms with Gasteiger partial charge in [0, 0.05) is 21.9 Å². The van der Waals surface area contributed by atoms with Crippen molar-refractivity contribution in [3.05, 3.63) is 77.9 Å². The van der Waals surface area contributed by atoms with Gasteiger partial charge in [-0.25, -0.2) is 4.99 Å². The Labute approximate surface area is 192 Å². The summed E-state index contributed by atoms with van der Waals surface area (Å²) < 4.78 is 11.6. The number of fused-ring (bicyclic) bond motifs is 1. The Bertz CT molecular complexity index is 1230. The van der Waals surface area contributed by atoms with E-state index in [9.17, 15) is 5.11 Å². The molecule has 0 saturated carbocycles. The lowest BCUT2D eigenvalue weighted by atomic mass is 10.0. The molecule has 0 radical (unpaired) electrons. The van der Waals surface area contributed by atoms with Gasteiger partial charge in [-0.05, 0) is 50.4 Å². The van der Waals surface area contributed by atoms with E-state index < -0.39 is 0 Å². The maximum absolute atomic E-state index is 10.9. The third kappa shape index (κ3) is 4.46. The zero-order valence-corrected chi connectivity index (χ0v) is 19.2. The molecule has 4 aromatic rings. The number of benzene rings is 3. The van der Waals surface area contributed by atoms with E-state index in [1.807, 2.05) is 86.8 Å². The zero-order valence-electron chi connectivity index (χ0n) is 18.4. The second-order valence-electron chi connectivity index (χ2n) is 7.08. The standard InChI is InChI=1S/C26H26N2O3S/c1-4-30-22-15-20-21(16-23(22)31-5-2)28-26(29)24(20)25(17-9-7-6-8-10-17)27-18-11-13-19(32-3)14-12-18/h6-16,28-29H,4-5H2,1-3H3. The van der Waals surface area contributed by atoms with Crippen LogP contribution in [0, 0.1) is 0 Å². The van der Waals surface area contributed by atoms with Gasteiger partial charge in [0.15, 0.2) is 17.4 Å². The highest BCUT2D eigenvalue weighted by atomic mass is 32.2. The number of hydrogen-bond donors (Lipinski definition) is 2. The van der Waals surface area contributed by atoms with Crippen LogP contribution in [0.1, 0.15) is 25.0 Å². The maximum atomic E-state index is 10.9. The molecule has 0 atom stereocenters. The van der Waals surface area contributed by atoms with Crippen LogP contribution >= 0.6 is 11.8 Å². The van der Waals surface area contributed by atoms with Crippen molar-refractivity contribution in [2.45, 2.75) is 18.7 Å². The SMILES string of the molecule is CCOc1cc2[nH]c(O)c(C(=Nc3ccc(SC)cc3)c3ccccc3)c2cc1OCC. The van der Waals surface area contributed by atoms with Gasteiger partial charge in [0.1, 0.15) is 0 Å². The Hall–Kier alpha value is -3.38. The van der Waals surface area contributed by atoms with Gasteiger partial charge in [0.05, 0.1) is 35.7 Å². The van der Waals surface area contributed by atoms with Crippen molar-refractivity contribution in [3.63, 3.8) is 0 Å². The average Bonchev–Trinajstić information content (AvgIpc) is 3.13. The Morgan fingerprint density at radius 1 is 0.938 bits per heavy atom. The van der Waals surface area contributed by atoms with E-state index >= 15 is 0 Å². The molecule has 6 heteroatoms. The molecule has 1 aromatic heterocycles. The molecule has 0 saturated heterocycles. The van der Waals surface area contributed by atoms with Gasteiger partial charge >= 0.3 is 0 Å². The van der Waals surface area contributed by atoms with Crippen molar-refractivity contribution in [2.75, 3.05) is 19.5 Å². The minimum Gasteiger partial charge on any atom is -0.494 e. The molecule has 0 spiro atoms. The number of aromatic nitrogens is 1. The minimum absolute atomic E-state index is 0.0550. The van der Waals surface area contributed by atoms with Crippen LogP contribution in [0.5, 0.6) is 17.4 Å². The number of ether oxygens (including phenoxy) is 2. The van der Waals surface area contributed by atoms with Crippen molar-refractivity contribution in [1.82, 2.24) is 4.98 Å². The topological polar surface area (TPSA) is 66.8 Å². The van der Waals surface area contributed by atoms with Crippen molar-refractivity contribution >= 4 is 34.1 Å². The molecule has 0 unspecified atom stereocenters. The molecule has 0 aliphatic heterocycles. The number of rotatable bonds is 8. The third-order valence-corrected chi connectivity index (χ3v) is 5.78. The maximum Gasteiger partial charge on any atom is 0.199 e. The molecule has 0 bridgehead atoms. The number of hydrogen-bond acceptors (Lipinski definition) is 5.